The fourth-order valence-electron chi connectivity index (χ4n) is 2.15. The van der Waals surface area contributed by atoms with E-state index < -0.39 is 0 Å². The highest BCUT2D eigenvalue weighted by molar-refractivity contribution is 5.75. The average molecular weight is 333 g/mol. The minimum absolute atomic E-state index is 0.0882. The maximum Gasteiger partial charge on any atom is 0.266 e. The SMILES string of the molecule is COCCNC(=O)CCCn1nc(-c2ccc(F)cc2)ccc1=O. The Hall–Kier alpha value is -2.54. The first-order valence-electron chi connectivity index (χ1n) is 7.70. The predicted molar refractivity (Wildman–Crippen MR) is 88.0 cm³/mol. The van der Waals surface area contributed by atoms with Gasteiger partial charge in [-0.2, -0.15) is 5.10 Å². The third kappa shape index (κ3) is 5.27. The zero-order valence-electron chi connectivity index (χ0n) is 13.5. The van der Waals surface area contributed by atoms with Crippen LogP contribution in [-0.4, -0.2) is 35.9 Å². The first-order chi connectivity index (χ1) is 11.6. The van der Waals surface area contributed by atoms with Crippen LogP contribution in [0.1, 0.15) is 12.8 Å². The summed E-state index contributed by atoms with van der Waals surface area (Å²) in [6, 6.07) is 8.92. The zero-order valence-corrected chi connectivity index (χ0v) is 13.5. The Kier molecular flexibility index (Phi) is 6.62. The Morgan fingerprint density at radius 3 is 2.71 bits per heavy atom. The number of methoxy groups -OCH3 is 1. The van der Waals surface area contributed by atoms with Crippen LogP contribution >= 0.6 is 0 Å². The van der Waals surface area contributed by atoms with Gasteiger partial charge in [0.15, 0.2) is 0 Å². The van der Waals surface area contributed by atoms with Crippen LogP contribution in [0.3, 0.4) is 0 Å². The van der Waals surface area contributed by atoms with Crippen molar-refractivity contribution in [1.29, 1.82) is 0 Å². The molecule has 0 radical (unpaired) electrons. The maximum atomic E-state index is 13.0. The van der Waals surface area contributed by atoms with E-state index in [9.17, 15) is 14.0 Å². The van der Waals surface area contributed by atoms with E-state index in [2.05, 4.69) is 10.4 Å². The summed E-state index contributed by atoms with van der Waals surface area (Å²) >= 11 is 0. The molecule has 0 aliphatic carbocycles. The molecule has 6 nitrogen and oxygen atoms in total. The van der Waals surface area contributed by atoms with Gasteiger partial charge in [-0.3, -0.25) is 9.59 Å². The minimum atomic E-state index is -0.327. The van der Waals surface area contributed by atoms with Gasteiger partial charge in [-0.25, -0.2) is 9.07 Å². The van der Waals surface area contributed by atoms with Crippen LogP contribution in [-0.2, 0) is 16.1 Å². The first kappa shape index (κ1) is 17.8. The second-order valence-electron chi connectivity index (χ2n) is 5.23. The maximum absolute atomic E-state index is 13.0. The van der Waals surface area contributed by atoms with Crippen molar-refractivity contribution in [3.63, 3.8) is 0 Å². The van der Waals surface area contributed by atoms with Crippen molar-refractivity contribution in [2.75, 3.05) is 20.3 Å². The number of carbonyl (C=O) groups is 1. The summed E-state index contributed by atoms with van der Waals surface area (Å²) in [5.41, 5.74) is 1.07. The van der Waals surface area contributed by atoms with E-state index in [4.69, 9.17) is 4.74 Å². The van der Waals surface area contributed by atoms with Crippen molar-refractivity contribution in [2.45, 2.75) is 19.4 Å². The number of aryl methyl sites for hydroxylation is 1. The van der Waals surface area contributed by atoms with Crippen LogP contribution in [0, 0.1) is 5.82 Å². The molecule has 0 fully saturated rings. The van der Waals surface area contributed by atoms with Gasteiger partial charge in [0.05, 0.1) is 12.3 Å². The molecule has 128 valence electrons. The largest absolute Gasteiger partial charge is 0.383 e. The molecule has 0 aliphatic rings. The van der Waals surface area contributed by atoms with Crippen molar-refractivity contribution in [3.8, 4) is 11.3 Å². The van der Waals surface area contributed by atoms with Crippen LogP contribution in [0.5, 0.6) is 0 Å². The number of amides is 1. The molecule has 2 rings (SSSR count). The highest BCUT2D eigenvalue weighted by atomic mass is 19.1. The highest BCUT2D eigenvalue weighted by Crippen LogP contribution is 2.15. The number of benzene rings is 1. The van der Waals surface area contributed by atoms with E-state index >= 15 is 0 Å². The molecular weight excluding hydrogens is 313 g/mol. The second kappa shape index (κ2) is 8.93. The zero-order chi connectivity index (χ0) is 17.4. The molecule has 1 amide bonds. The Labute approximate surface area is 139 Å². The molecule has 0 saturated heterocycles. The second-order valence-corrected chi connectivity index (χ2v) is 5.23. The predicted octanol–water partition coefficient (Wildman–Crippen LogP) is 1.59. The van der Waals surface area contributed by atoms with E-state index in [1.807, 2.05) is 0 Å². The fraction of sp³-hybridized carbons (Fsp3) is 0.353. The Bertz CT molecular complexity index is 729. The van der Waals surface area contributed by atoms with E-state index in [0.29, 0.717) is 38.2 Å². The molecule has 1 heterocycles. The molecule has 7 heteroatoms. The summed E-state index contributed by atoms with van der Waals surface area (Å²) in [4.78, 5) is 23.5. The van der Waals surface area contributed by atoms with E-state index in [-0.39, 0.29) is 17.3 Å². The number of halogens is 1. The lowest BCUT2D eigenvalue weighted by Gasteiger charge is -2.08. The van der Waals surface area contributed by atoms with Gasteiger partial charge in [0.1, 0.15) is 5.82 Å². The molecule has 0 saturated carbocycles. The van der Waals surface area contributed by atoms with Crippen molar-refractivity contribution in [2.24, 2.45) is 0 Å². The summed E-state index contributed by atoms with van der Waals surface area (Å²) in [6.07, 6.45) is 0.803. The fourth-order valence-corrected chi connectivity index (χ4v) is 2.15. The molecule has 0 bridgehead atoms. The van der Waals surface area contributed by atoms with E-state index in [0.717, 1.165) is 5.56 Å². The third-order valence-electron chi connectivity index (χ3n) is 3.41. The Morgan fingerprint density at radius 2 is 2.00 bits per heavy atom. The van der Waals surface area contributed by atoms with E-state index in [1.54, 1.807) is 25.3 Å². The molecule has 1 aromatic carbocycles. The lowest BCUT2D eigenvalue weighted by molar-refractivity contribution is -0.121. The van der Waals surface area contributed by atoms with Gasteiger partial charge in [0, 0.05) is 38.2 Å². The van der Waals surface area contributed by atoms with Crippen molar-refractivity contribution >= 4 is 5.91 Å². The first-order valence-corrected chi connectivity index (χ1v) is 7.70. The van der Waals surface area contributed by atoms with Crippen molar-refractivity contribution in [3.05, 3.63) is 52.6 Å². The Morgan fingerprint density at radius 1 is 1.25 bits per heavy atom. The summed E-state index contributed by atoms with van der Waals surface area (Å²) in [7, 11) is 1.57. The summed E-state index contributed by atoms with van der Waals surface area (Å²) in [5, 5.41) is 6.99. The number of hydrogen-bond donors (Lipinski definition) is 1. The smallest absolute Gasteiger partial charge is 0.266 e. The number of aromatic nitrogens is 2. The third-order valence-corrected chi connectivity index (χ3v) is 3.41. The molecule has 1 aromatic heterocycles. The average Bonchev–Trinajstić information content (AvgIpc) is 2.57. The molecule has 24 heavy (non-hydrogen) atoms. The van der Waals surface area contributed by atoms with Gasteiger partial charge < -0.3 is 10.1 Å². The number of hydrogen-bond acceptors (Lipinski definition) is 4. The lowest BCUT2D eigenvalue weighted by Crippen LogP contribution is -2.28. The number of rotatable bonds is 8. The normalized spacial score (nSPS) is 10.6. The molecule has 0 spiro atoms. The quantitative estimate of drug-likeness (QED) is 0.745. The minimum Gasteiger partial charge on any atom is -0.383 e. The molecule has 0 aliphatic heterocycles. The van der Waals surface area contributed by atoms with Crippen LogP contribution in [0.4, 0.5) is 4.39 Å². The highest BCUT2D eigenvalue weighted by Gasteiger charge is 2.05. The molecule has 1 N–H and O–H groups in total. The van der Waals surface area contributed by atoms with Gasteiger partial charge in [-0.15, -0.1) is 0 Å². The monoisotopic (exact) mass is 333 g/mol. The molecular formula is C17H20FN3O3. The number of nitrogens with one attached hydrogen (secondary N) is 1. The molecule has 0 unspecified atom stereocenters. The van der Waals surface area contributed by atoms with Gasteiger partial charge in [0.2, 0.25) is 5.91 Å². The van der Waals surface area contributed by atoms with Crippen molar-refractivity contribution in [1.82, 2.24) is 15.1 Å². The number of ether oxygens (including phenoxy) is 1. The summed E-state index contributed by atoms with van der Waals surface area (Å²) < 4.78 is 19.1. The van der Waals surface area contributed by atoms with Crippen LogP contribution in [0.15, 0.2) is 41.2 Å². The standard InChI is InChI=1S/C17H20FN3O3/c1-24-12-10-19-16(22)3-2-11-21-17(23)9-8-15(20-21)13-4-6-14(18)7-5-13/h4-9H,2-3,10-12H2,1H3,(H,19,22). The van der Waals surface area contributed by atoms with Gasteiger partial charge in [-0.1, -0.05) is 0 Å². The van der Waals surface area contributed by atoms with Gasteiger partial charge in [-0.05, 0) is 36.8 Å². The van der Waals surface area contributed by atoms with Gasteiger partial charge >= 0.3 is 0 Å². The number of carbonyl (C=O) groups excluding carboxylic acids is 1. The van der Waals surface area contributed by atoms with Crippen LogP contribution in [0.25, 0.3) is 11.3 Å². The summed E-state index contributed by atoms with van der Waals surface area (Å²) in [5.74, 6) is -0.415. The summed E-state index contributed by atoms with van der Waals surface area (Å²) in [6.45, 7) is 1.27. The van der Waals surface area contributed by atoms with Crippen molar-refractivity contribution < 1.29 is 13.9 Å². The topological polar surface area (TPSA) is 73.2 Å². The molecule has 0 atom stereocenters. The van der Waals surface area contributed by atoms with Gasteiger partial charge in [0.25, 0.3) is 5.56 Å². The van der Waals surface area contributed by atoms with Crippen LogP contribution < -0.4 is 10.9 Å². The number of nitrogens with zero attached hydrogens (tertiary/aromatic N) is 2. The lowest BCUT2D eigenvalue weighted by atomic mass is 10.1. The van der Waals surface area contributed by atoms with E-state index in [1.165, 1.54) is 22.9 Å². The van der Waals surface area contributed by atoms with Crippen LogP contribution in [0.2, 0.25) is 0 Å². The Balaban J connectivity index is 1.95. The molecule has 2 aromatic rings.